The normalized spacial score (nSPS) is 19.5. The van der Waals surface area contributed by atoms with Gasteiger partial charge >= 0.3 is 0 Å². The Bertz CT molecular complexity index is 641. The zero-order valence-corrected chi connectivity index (χ0v) is 21.8. The molecule has 0 radical (unpaired) electrons. The number of halogens is 1. The molecular formula is C23H41IN4O3. The first-order chi connectivity index (χ1) is 14.7. The first-order valence-corrected chi connectivity index (χ1v) is 11.7. The van der Waals surface area contributed by atoms with Crippen LogP contribution in [0.25, 0.3) is 0 Å². The molecule has 8 heteroatoms. The Balaban J connectivity index is 0.00000341. The van der Waals surface area contributed by atoms with Gasteiger partial charge in [0.1, 0.15) is 11.5 Å². The average Bonchev–Trinajstić information content (AvgIpc) is 3.44. The van der Waals surface area contributed by atoms with E-state index >= 15 is 0 Å². The summed E-state index contributed by atoms with van der Waals surface area (Å²) < 4.78 is 17.1. The molecule has 0 spiro atoms. The van der Waals surface area contributed by atoms with Crippen molar-refractivity contribution in [1.29, 1.82) is 0 Å². The second-order valence-electron chi connectivity index (χ2n) is 8.31. The summed E-state index contributed by atoms with van der Waals surface area (Å²) >= 11 is 0. The largest absolute Gasteiger partial charge is 0.465 e. The molecule has 0 saturated carbocycles. The Kier molecular flexibility index (Phi) is 12.2. The lowest BCUT2D eigenvalue weighted by Crippen LogP contribution is -2.47. The standard InChI is InChI=1S/C23H40N4O3.HI/c1-4-24-23(27-14-10-20(11-15-27)29-17-7-16-28-3)25-18-21(26-12-5-6-13-26)22-9-8-19(2)30-22;/h8-9,20-21H,4-7,10-18H2,1-3H3,(H,24,25);1H. The summed E-state index contributed by atoms with van der Waals surface area (Å²) in [6.07, 6.45) is 5.93. The first kappa shape index (κ1) is 26.4. The number of aliphatic imine (C=N–C) groups is 1. The Hall–Kier alpha value is -0.840. The lowest BCUT2D eigenvalue weighted by atomic mass is 10.1. The lowest BCUT2D eigenvalue weighted by molar-refractivity contribution is 0.00988. The smallest absolute Gasteiger partial charge is 0.193 e. The van der Waals surface area contributed by atoms with Gasteiger partial charge in [0, 0.05) is 40.0 Å². The van der Waals surface area contributed by atoms with Crippen LogP contribution in [0.4, 0.5) is 0 Å². The molecule has 2 fully saturated rings. The van der Waals surface area contributed by atoms with E-state index in [1.165, 1.54) is 12.8 Å². The summed E-state index contributed by atoms with van der Waals surface area (Å²) in [6.45, 7) is 11.5. The molecule has 1 aromatic rings. The molecule has 2 saturated heterocycles. The molecule has 7 nitrogen and oxygen atoms in total. The van der Waals surface area contributed by atoms with E-state index in [1.54, 1.807) is 7.11 Å². The Morgan fingerprint density at radius 2 is 1.94 bits per heavy atom. The Morgan fingerprint density at radius 3 is 2.55 bits per heavy atom. The molecular weight excluding hydrogens is 507 g/mol. The molecule has 0 amide bonds. The van der Waals surface area contributed by atoms with Crippen LogP contribution < -0.4 is 5.32 Å². The third kappa shape index (κ3) is 8.22. The molecule has 3 rings (SSSR count). The van der Waals surface area contributed by atoms with Gasteiger partial charge in [0.2, 0.25) is 0 Å². The third-order valence-electron chi connectivity index (χ3n) is 6.01. The Morgan fingerprint density at radius 1 is 1.19 bits per heavy atom. The van der Waals surface area contributed by atoms with E-state index in [9.17, 15) is 0 Å². The Labute approximate surface area is 204 Å². The van der Waals surface area contributed by atoms with Crippen molar-refractivity contribution in [3.63, 3.8) is 0 Å². The van der Waals surface area contributed by atoms with E-state index in [-0.39, 0.29) is 30.0 Å². The van der Waals surface area contributed by atoms with Crippen molar-refractivity contribution in [3.05, 3.63) is 23.7 Å². The molecule has 31 heavy (non-hydrogen) atoms. The number of piperidine rings is 1. The monoisotopic (exact) mass is 548 g/mol. The van der Waals surface area contributed by atoms with E-state index in [2.05, 4.69) is 34.2 Å². The number of hydrogen-bond donors (Lipinski definition) is 1. The third-order valence-corrected chi connectivity index (χ3v) is 6.01. The maximum absolute atomic E-state index is 6.01. The molecule has 0 aliphatic carbocycles. The van der Waals surface area contributed by atoms with Crippen LogP contribution >= 0.6 is 24.0 Å². The number of furan rings is 1. The minimum absolute atomic E-state index is 0. The number of methoxy groups -OCH3 is 1. The van der Waals surface area contributed by atoms with E-state index in [0.29, 0.717) is 6.10 Å². The van der Waals surface area contributed by atoms with Gasteiger partial charge in [-0.15, -0.1) is 24.0 Å². The topological polar surface area (TPSA) is 62.5 Å². The number of guanidine groups is 1. The summed E-state index contributed by atoms with van der Waals surface area (Å²) in [5, 5.41) is 3.50. The molecule has 3 heterocycles. The second-order valence-corrected chi connectivity index (χ2v) is 8.31. The van der Waals surface area contributed by atoms with E-state index in [0.717, 1.165) is 89.2 Å². The summed E-state index contributed by atoms with van der Waals surface area (Å²) in [5.41, 5.74) is 0. The van der Waals surface area contributed by atoms with Crippen molar-refractivity contribution in [2.75, 3.05) is 59.6 Å². The van der Waals surface area contributed by atoms with E-state index in [4.69, 9.17) is 18.9 Å². The summed E-state index contributed by atoms with van der Waals surface area (Å²) in [4.78, 5) is 9.95. The fraction of sp³-hybridized carbons (Fsp3) is 0.783. The predicted octanol–water partition coefficient (Wildman–Crippen LogP) is 3.83. The zero-order chi connectivity index (χ0) is 21.2. The number of rotatable bonds is 10. The van der Waals surface area contributed by atoms with Crippen LogP contribution in [0.2, 0.25) is 0 Å². The number of likely N-dealkylation sites (tertiary alicyclic amines) is 2. The van der Waals surface area contributed by atoms with Gasteiger partial charge in [-0.1, -0.05) is 0 Å². The van der Waals surface area contributed by atoms with Crippen LogP contribution in [0.3, 0.4) is 0 Å². The number of ether oxygens (including phenoxy) is 2. The molecule has 0 bridgehead atoms. The van der Waals surface area contributed by atoms with Crippen LogP contribution in [0.5, 0.6) is 0 Å². The SMILES string of the molecule is CCNC(=NCC(c1ccc(C)o1)N1CCCC1)N1CCC(OCCCOC)CC1.I. The van der Waals surface area contributed by atoms with Gasteiger partial charge in [-0.2, -0.15) is 0 Å². The highest BCUT2D eigenvalue weighted by molar-refractivity contribution is 14.0. The maximum Gasteiger partial charge on any atom is 0.193 e. The number of aryl methyl sites for hydroxylation is 1. The second kappa shape index (κ2) is 14.3. The van der Waals surface area contributed by atoms with Gasteiger partial charge in [-0.3, -0.25) is 9.89 Å². The summed E-state index contributed by atoms with van der Waals surface area (Å²) in [6, 6.07) is 4.40. The summed E-state index contributed by atoms with van der Waals surface area (Å²) in [5.74, 6) is 3.03. The van der Waals surface area contributed by atoms with Gasteiger partial charge in [-0.25, -0.2) is 0 Å². The highest BCUT2D eigenvalue weighted by atomic mass is 127. The van der Waals surface area contributed by atoms with Crippen LogP contribution in [-0.2, 0) is 9.47 Å². The van der Waals surface area contributed by atoms with Crippen LogP contribution in [-0.4, -0.2) is 81.5 Å². The minimum Gasteiger partial charge on any atom is -0.465 e. The van der Waals surface area contributed by atoms with Gasteiger partial charge in [0.05, 0.1) is 18.7 Å². The molecule has 0 aromatic carbocycles. The van der Waals surface area contributed by atoms with Gasteiger partial charge in [0.25, 0.3) is 0 Å². The van der Waals surface area contributed by atoms with Crippen molar-refractivity contribution in [2.45, 2.75) is 58.1 Å². The number of hydrogen-bond acceptors (Lipinski definition) is 5. The highest BCUT2D eigenvalue weighted by Gasteiger charge is 2.27. The lowest BCUT2D eigenvalue weighted by Gasteiger charge is -2.34. The van der Waals surface area contributed by atoms with Gasteiger partial charge < -0.3 is 24.1 Å². The fourth-order valence-electron chi connectivity index (χ4n) is 4.36. The molecule has 1 aromatic heterocycles. The predicted molar refractivity (Wildman–Crippen MR) is 135 cm³/mol. The number of nitrogens with zero attached hydrogens (tertiary/aromatic N) is 3. The fourth-order valence-corrected chi connectivity index (χ4v) is 4.36. The maximum atomic E-state index is 6.01. The van der Waals surface area contributed by atoms with Gasteiger partial charge in [0.15, 0.2) is 5.96 Å². The highest BCUT2D eigenvalue weighted by Crippen LogP contribution is 2.27. The van der Waals surface area contributed by atoms with Crippen LogP contribution in [0, 0.1) is 6.92 Å². The van der Waals surface area contributed by atoms with Crippen molar-refractivity contribution < 1.29 is 13.9 Å². The molecule has 1 N–H and O–H groups in total. The average molecular weight is 549 g/mol. The molecule has 1 unspecified atom stereocenters. The zero-order valence-electron chi connectivity index (χ0n) is 19.5. The molecule has 1 atom stereocenters. The van der Waals surface area contributed by atoms with Crippen molar-refractivity contribution in [2.24, 2.45) is 4.99 Å². The molecule has 178 valence electrons. The van der Waals surface area contributed by atoms with Crippen molar-refractivity contribution >= 4 is 29.9 Å². The first-order valence-electron chi connectivity index (χ1n) is 11.7. The van der Waals surface area contributed by atoms with Crippen molar-refractivity contribution in [1.82, 2.24) is 15.1 Å². The van der Waals surface area contributed by atoms with E-state index in [1.807, 2.05) is 6.92 Å². The minimum atomic E-state index is 0. The summed E-state index contributed by atoms with van der Waals surface area (Å²) in [7, 11) is 1.74. The number of nitrogens with one attached hydrogen (secondary N) is 1. The van der Waals surface area contributed by atoms with Crippen LogP contribution in [0.1, 0.15) is 56.6 Å². The van der Waals surface area contributed by atoms with Gasteiger partial charge in [-0.05, 0) is 71.2 Å². The molecule has 2 aliphatic rings. The van der Waals surface area contributed by atoms with Crippen LogP contribution in [0.15, 0.2) is 21.5 Å². The van der Waals surface area contributed by atoms with Crippen molar-refractivity contribution in [3.8, 4) is 0 Å². The molecule has 2 aliphatic heterocycles. The van der Waals surface area contributed by atoms with E-state index < -0.39 is 0 Å². The quantitative estimate of drug-likeness (QED) is 0.208.